The molecule has 4 rings (SSSR count). The Balaban J connectivity index is 1.87. The Hall–Kier alpha value is -2.04. The summed E-state index contributed by atoms with van der Waals surface area (Å²) in [5, 5.41) is 0.423. The van der Waals surface area contributed by atoms with Gasteiger partial charge >= 0.3 is 0 Å². The summed E-state index contributed by atoms with van der Waals surface area (Å²) in [5.41, 5.74) is 4.39. The van der Waals surface area contributed by atoms with Gasteiger partial charge in [-0.05, 0) is 60.1 Å². The fraction of sp³-hybridized carbons (Fsp3) is 0.273. The van der Waals surface area contributed by atoms with Crippen LogP contribution in [0.2, 0.25) is 5.02 Å². The number of nitrogens with zero attached hydrogens (tertiary/aromatic N) is 1. The molecule has 0 fully saturated rings. The molecule has 0 radical (unpaired) electrons. The minimum atomic E-state index is -3.69. The highest BCUT2D eigenvalue weighted by molar-refractivity contribution is 7.90. The third-order valence-corrected chi connectivity index (χ3v) is 7.39. The van der Waals surface area contributed by atoms with Crippen LogP contribution >= 0.6 is 11.6 Å². The van der Waals surface area contributed by atoms with Crippen LogP contribution in [0.25, 0.3) is 0 Å². The van der Waals surface area contributed by atoms with Crippen molar-refractivity contribution in [3.63, 3.8) is 0 Å². The Kier molecular flexibility index (Phi) is 4.87. The second-order valence-electron chi connectivity index (χ2n) is 7.07. The molecule has 1 heterocycles. The Morgan fingerprint density at radius 2 is 1.89 bits per heavy atom. The molecule has 1 unspecified atom stereocenters. The van der Waals surface area contributed by atoms with Crippen molar-refractivity contribution in [2.45, 2.75) is 43.4 Å². The lowest BCUT2D eigenvalue weighted by molar-refractivity contribution is 0.584. The second kappa shape index (κ2) is 7.17. The van der Waals surface area contributed by atoms with Gasteiger partial charge in [-0.15, -0.1) is 0 Å². The minimum absolute atomic E-state index is 0.228. The zero-order valence-electron chi connectivity index (χ0n) is 15.2. The van der Waals surface area contributed by atoms with Crippen LogP contribution in [0.15, 0.2) is 65.7 Å². The van der Waals surface area contributed by atoms with E-state index in [2.05, 4.69) is 6.92 Å². The van der Waals surface area contributed by atoms with Crippen LogP contribution in [-0.4, -0.2) is 12.4 Å². The van der Waals surface area contributed by atoms with Gasteiger partial charge in [0.25, 0.3) is 10.0 Å². The summed E-state index contributed by atoms with van der Waals surface area (Å²) < 4.78 is 28.3. The largest absolute Gasteiger partial charge is 0.267 e. The number of hydrogen-bond donors (Lipinski definition) is 0. The van der Waals surface area contributed by atoms with Crippen molar-refractivity contribution in [3.05, 3.63) is 88.2 Å². The van der Waals surface area contributed by atoms with Gasteiger partial charge in [-0.2, -0.15) is 0 Å². The molecule has 0 saturated heterocycles. The monoisotopic (exact) mass is 399 g/mol. The highest BCUT2D eigenvalue weighted by Gasteiger charge is 2.31. The molecular weight excluding hydrogens is 378 g/mol. The maximum atomic E-state index is 13.4. The molecule has 1 atom stereocenters. The SMILES string of the molecule is CCC1CCc2c1cn(S(=O)(=O)c1cccc(Cl)c1)c2Cc1ccccc1. The molecule has 0 bridgehead atoms. The summed E-state index contributed by atoms with van der Waals surface area (Å²) in [4.78, 5) is 0.228. The molecule has 0 aliphatic heterocycles. The van der Waals surface area contributed by atoms with Crippen LogP contribution in [-0.2, 0) is 22.9 Å². The first-order valence-corrected chi connectivity index (χ1v) is 11.1. The molecule has 1 aliphatic rings. The molecule has 3 nitrogen and oxygen atoms in total. The summed E-state index contributed by atoms with van der Waals surface area (Å²) in [6.07, 6.45) is 5.52. The predicted molar refractivity (Wildman–Crippen MR) is 109 cm³/mol. The molecule has 27 heavy (non-hydrogen) atoms. The summed E-state index contributed by atoms with van der Waals surface area (Å²) >= 11 is 6.05. The maximum absolute atomic E-state index is 13.4. The molecule has 5 heteroatoms. The van der Waals surface area contributed by atoms with Crippen LogP contribution in [0.5, 0.6) is 0 Å². The number of benzene rings is 2. The van der Waals surface area contributed by atoms with Crippen molar-refractivity contribution in [2.75, 3.05) is 0 Å². The smallest absolute Gasteiger partial charge is 0.245 e. The van der Waals surface area contributed by atoms with E-state index in [1.165, 1.54) is 21.2 Å². The highest BCUT2D eigenvalue weighted by atomic mass is 35.5. The Bertz CT molecular complexity index is 1070. The average Bonchev–Trinajstić information content (AvgIpc) is 3.23. The van der Waals surface area contributed by atoms with Gasteiger partial charge in [0.05, 0.1) is 4.90 Å². The molecule has 0 saturated carbocycles. The van der Waals surface area contributed by atoms with Crippen LogP contribution < -0.4 is 0 Å². The van der Waals surface area contributed by atoms with Crippen molar-refractivity contribution >= 4 is 21.6 Å². The van der Waals surface area contributed by atoms with E-state index >= 15 is 0 Å². The van der Waals surface area contributed by atoms with E-state index in [0.29, 0.717) is 17.4 Å². The van der Waals surface area contributed by atoms with Gasteiger partial charge in [0.1, 0.15) is 0 Å². The first kappa shape index (κ1) is 18.3. The van der Waals surface area contributed by atoms with E-state index in [4.69, 9.17) is 11.6 Å². The zero-order valence-corrected chi connectivity index (χ0v) is 16.8. The van der Waals surface area contributed by atoms with E-state index in [9.17, 15) is 8.42 Å². The molecule has 0 N–H and O–H groups in total. The van der Waals surface area contributed by atoms with Crippen LogP contribution in [0.1, 0.15) is 48.1 Å². The highest BCUT2D eigenvalue weighted by Crippen LogP contribution is 2.40. The van der Waals surface area contributed by atoms with E-state index in [1.807, 2.05) is 36.5 Å². The van der Waals surface area contributed by atoms with Gasteiger partial charge in [-0.25, -0.2) is 12.4 Å². The van der Waals surface area contributed by atoms with Crippen molar-refractivity contribution in [3.8, 4) is 0 Å². The quantitative estimate of drug-likeness (QED) is 0.575. The van der Waals surface area contributed by atoms with Crippen molar-refractivity contribution in [1.29, 1.82) is 0 Å². The minimum Gasteiger partial charge on any atom is -0.245 e. The Morgan fingerprint density at radius 1 is 1.11 bits per heavy atom. The molecular formula is C22H22ClNO2S. The average molecular weight is 400 g/mol. The van der Waals surface area contributed by atoms with Crippen molar-refractivity contribution < 1.29 is 8.42 Å². The number of halogens is 1. The number of hydrogen-bond acceptors (Lipinski definition) is 2. The fourth-order valence-corrected chi connectivity index (χ4v) is 5.78. The Morgan fingerprint density at radius 3 is 2.59 bits per heavy atom. The van der Waals surface area contributed by atoms with Crippen LogP contribution in [0.3, 0.4) is 0 Å². The van der Waals surface area contributed by atoms with Crippen molar-refractivity contribution in [1.82, 2.24) is 3.97 Å². The summed E-state index contributed by atoms with van der Waals surface area (Å²) in [7, 11) is -3.69. The lowest BCUT2D eigenvalue weighted by Crippen LogP contribution is -2.16. The lowest BCUT2D eigenvalue weighted by atomic mass is 10.0. The van der Waals surface area contributed by atoms with Gasteiger partial charge in [0, 0.05) is 23.3 Å². The molecule has 0 spiro atoms. The summed E-state index contributed by atoms with van der Waals surface area (Å²) in [5.74, 6) is 0.435. The normalized spacial score (nSPS) is 16.4. The van der Waals surface area contributed by atoms with Crippen LogP contribution in [0.4, 0.5) is 0 Å². The topological polar surface area (TPSA) is 39.1 Å². The van der Waals surface area contributed by atoms with E-state index < -0.39 is 10.0 Å². The van der Waals surface area contributed by atoms with Gasteiger partial charge in [0.2, 0.25) is 0 Å². The molecule has 3 aromatic rings. The number of aromatic nitrogens is 1. The number of rotatable bonds is 5. The zero-order chi connectivity index (χ0) is 19.0. The molecule has 0 amide bonds. The van der Waals surface area contributed by atoms with Gasteiger partial charge < -0.3 is 0 Å². The Labute approximate surface area is 165 Å². The molecule has 1 aliphatic carbocycles. The van der Waals surface area contributed by atoms with E-state index in [1.54, 1.807) is 18.2 Å². The van der Waals surface area contributed by atoms with Crippen LogP contribution in [0, 0.1) is 0 Å². The standard InChI is InChI=1S/C22H22ClNO2S/c1-2-17-11-12-20-21(17)15-24(22(20)13-16-7-4-3-5-8-16)27(25,26)19-10-6-9-18(23)14-19/h3-10,14-15,17H,2,11-13H2,1H3. The van der Waals surface area contributed by atoms with E-state index in [-0.39, 0.29) is 4.90 Å². The summed E-state index contributed by atoms with van der Waals surface area (Å²) in [6, 6.07) is 16.5. The van der Waals surface area contributed by atoms with E-state index in [0.717, 1.165) is 30.5 Å². The molecule has 1 aromatic heterocycles. The lowest BCUT2D eigenvalue weighted by Gasteiger charge is -2.13. The second-order valence-corrected chi connectivity index (χ2v) is 9.33. The number of fused-ring (bicyclic) bond motifs is 1. The van der Waals surface area contributed by atoms with Gasteiger partial charge in [0.15, 0.2) is 0 Å². The van der Waals surface area contributed by atoms with Gasteiger partial charge in [-0.3, -0.25) is 0 Å². The van der Waals surface area contributed by atoms with Gasteiger partial charge in [-0.1, -0.05) is 54.9 Å². The fourth-order valence-electron chi connectivity index (χ4n) is 4.05. The molecule has 2 aromatic carbocycles. The maximum Gasteiger partial charge on any atom is 0.267 e. The molecule has 140 valence electrons. The third kappa shape index (κ3) is 3.32. The summed E-state index contributed by atoms with van der Waals surface area (Å²) in [6.45, 7) is 2.17. The van der Waals surface area contributed by atoms with Crippen molar-refractivity contribution in [2.24, 2.45) is 0 Å². The third-order valence-electron chi connectivity index (χ3n) is 5.46. The first-order chi connectivity index (χ1) is 13.0. The first-order valence-electron chi connectivity index (χ1n) is 9.28. The predicted octanol–water partition coefficient (Wildman–Crippen LogP) is 5.41.